The number of hydrogen-bond acceptors (Lipinski definition) is 5. The number of aromatic nitrogens is 1. The van der Waals surface area contributed by atoms with Crippen LogP contribution in [0.15, 0.2) is 34.7 Å². The van der Waals surface area contributed by atoms with Crippen LogP contribution < -0.4 is 10.0 Å². The summed E-state index contributed by atoms with van der Waals surface area (Å²) in [5, 5.41) is 3.23. The van der Waals surface area contributed by atoms with Crippen molar-refractivity contribution in [1.82, 2.24) is 4.98 Å². The molecule has 0 unspecified atom stereocenters. The van der Waals surface area contributed by atoms with Gasteiger partial charge in [0.15, 0.2) is 0 Å². The van der Waals surface area contributed by atoms with Gasteiger partial charge < -0.3 is 5.32 Å². The normalized spacial score (nSPS) is 12.2. The Labute approximate surface area is 135 Å². The number of pyridine rings is 1. The average Bonchev–Trinajstić information content (AvgIpc) is 2.89. The van der Waals surface area contributed by atoms with E-state index in [0.29, 0.717) is 15.7 Å². The Balaban J connectivity index is 2.13. The van der Waals surface area contributed by atoms with Crippen molar-refractivity contribution < 1.29 is 8.42 Å². The van der Waals surface area contributed by atoms with Gasteiger partial charge in [0, 0.05) is 10.4 Å². The lowest BCUT2D eigenvalue weighted by Gasteiger charge is -2.21. The Hall–Kier alpha value is -1.60. The van der Waals surface area contributed by atoms with Gasteiger partial charge in [0.2, 0.25) is 0 Å². The quantitative estimate of drug-likeness (QED) is 0.871. The first kappa shape index (κ1) is 16.8. The van der Waals surface area contributed by atoms with Crippen LogP contribution in [0.25, 0.3) is 0 Å². The lowest BCUT2D eigenvalue weighted by molar-refractivity contribution is 0.603. The Kier molecular flexibility index (Phi) is 4.77. The molecule has 0 saturated heterocycles. The zero-order chi connectivity index (χ0) is 16.4. The fraction of sp³-hybridized carbons (Fsp3) is 0.400. The van der Waals surface area contributed by atoms with Gasteiger partial charge in [-0.2, -0.15) is 0 Å². The Morgan fingerprint density at radius 1 is 1.18 bits per heavy atom. The standard InChI is InChI=1S/C15H21N3O2S2/c1-5-12-7-9-14(21-12)22(19,20)18-11-6-8-13(16-10-11)17-15(2,3)4/h6-10,18H,5H2,1-4H3,(H,16,17). The van der Waals surface area contributed by atoms with Crippen molar-refractivity contribution in [2.75, 3.05) is 10.0 Å². The zero-order valence-corrected chi connectivity index (χ0v) is 14.8. The van der Waals surface area contributed by atoms with Gasteiger partial charge in [0.05, 0.1) is 11.9 Å². The van der Waals surface area contributed by atoms with Crippen LogP contribution in [0.5, 0.6) is 0 Å². The largest absolute Gasteiger partial charge is 0.365 e. The van der Waals surface area contributed by atoms with E-state index in [0.717, 1.165) is 11.3 Å². The first-order valence-corrected chi connectivity index (χ1v) is 9.35. The van der Waals surface area contributed by atoms with E-state index < -0.39 is 10.0 Å². The van der Waals surface area contributed by atoms with Crippen molar-refractivity contribution in [3.8, 4) is 0 Å². The molecule has 0 radical (unpaired) electrons. The minimum Gasteiger partial charge on any atom is -0.365 e. The van der Waals surface area contributed by atoms with Crippen LogP contribution in [0.1, 0.15) is 32.6 Å². The molecule has 2 aromatic rings. The van der Waals surface area contributed by atoms with Gasteiger partial charge in [0.25, 0.3) is 10.0 Å². The number of nitrogens with zero attached hydrogens (tertiary/aromatic N) is 1. The number of rotatable bonds is 5. The molecule has 22 heavy (non-hydrogen) atoms. The van der Waals surface area contributed by atoms with Gasteiger partial charge in [-0.05, 0) is 51.5 Å². The van der Waals surface area contributed by atoms with E-state index in [9.17, 15) is 8.42 Å². The number of hydrogen-bond donors (Lipinski definition) is 2. The number of anilines is 2. The van der Waals surface area contributed by atoms with Gasteiger partial charge in [0.1, 0.15) is 10.0 Å². The van der Waals surface area contributed by atoms with Gasteiger partial charge >= 0.3 is 0 Å². The maximum Gasteiger partial charge on any atom is 0.271 e. The van der Waals surface area contributed by atoms with Gasteiger partial charge in [-0.3, -0.25) is 4.72 Å². The summed E-state index contributed by atoms with van der Waals surface area (Å²) in [6, 6.07) is 6.94. The number of nitrogens with one attached hydrogen (secondary N) is 2. The molecule has 5 nitrogen and oxygen atoms in total. The van der Waals surface area contributed by atoms with Gasteiger partial charge in [-0.15, -0.1) is 11.3 Å². The maximum absolute atomic E-state index is 12.3. The summed E-state index contributed by atoms with van der Waals surface area (Å²) in [4.78, 5) is 5.27. The number of aryl methyl sites for hydroxylation is 1. The third kappa shape index (κ3) is 4.45. The maximum atomic E-state index is 12.3. The smallest absolute Gasteiger partial charge is 0.271 e. The SMILES string of the molecule is CCc1ccc(S(=O)(=O)Nc2ccc(NC(C)(C)C)nc2)s1. The van der Waals surface area contributed by atoms with Crippen molar-refractivity contribution in [3.05, 3.63) is 35.3 Å². The second-order valence-electron chi connectivity index (χ2n) is 5.99. The minimum atomic E-state index is -3.54. The predicted molar refractivity (Wildman–Crippen MR) is 92.1 cm³/mol. The van der Waals surface area contributed by atoms with E-state index in [1.54, 1.807) is 18.2 Å². The lowest BCUT2D eigenvalue weighted by atomic mass is 10.1. The second-order valence-corrected chi connectivity index (χ2v) is 9.06. The molecule has 0 bridgehead atoms. The molecule has 0 aliphatic rings. The summed E-state index contributed by atoms with van der Waals surface area (Å²) >= 11 is 1.29. The minimum absolute atomic E-state index is 0.0957. The number of thiophene rings is 1. The van der Waals surface area contributed by atoms with E-state index in [-0.39, 0.29) is 5.54 Å². The average molecular weight is 339 g/mol. The van der Waals surface area contributed by atoms with Crippen molar-refractivity contribution in [2.45, 2.75) is 43.9 Å². The van der Waals surface area contributed by atoms with Crippen LogP contribution in [0.4, 0.5) is 11.5 Å². The third-order valence-corrected chi connectivity index (χ3v) is 5.87. The Bertz CT molecular complexity index is 729. The molecule has 0 amide bonds. The summed E-state index contributed by atoms with van der Waals surface area (Å²) in [6.07, 6.45) is 2.34. The van der Waals surface area contributed by atoms with Crippen molar-refractivity contribution in [3.63, 3.8) is 0 Å². The highest BCUT2D eigenvalue weighted by Gasteiger charge is 2.17. The summed E-state index contributed by atoms with van der Waals surface area (Å²) in [5.74, 6) is 0.708. The third-order valence-electron chi connectivity index (χ3n) is 2.77. The van der Waals surface area contributed by atoms with Crippen molar-refractivity contribution in [2.24, 2.45) is 0 Å². The van der Waals surface area contributed by atoms with E-state index in [1.807, 2.05) is 33.8 Å². The molecule has 2 heterocycles. The molecular formula is C15H21N3O2S2. The van der Waals surface area contributed by atoms with Crippen molar-refractivity contribution >= 4 is 32.9 Å². The molecular weight excluding hydrogens is 318 g/mol. The molecule has 2 rings (SSSR count). The Morgan fingerprint density at radius 2 is 1.91 bits per heavy atom. The first-order valence-electron chi connectivity index (χ1n) is 7.05. The zero-order valence-electron chi connectivity index (χ0n) is 13.2. The van der Waals surface area contributed by atoms with Gasteiger partial charge in [-0.25, -0.2) is 13.4 Å². The van der Waals surface area contributed by atoms with Crippen LogP contribution in [0, 0.1) is 0 Å². The van der Waals surface area contributed by atoms with Crippen molar-refractivity contribution in [1.29, 1.82) is 0 Å². The highest BCUT2D eigenvalue weighted by molar-refractivity contribution is 7.94. The van der Waals surface area contributed by atoms with Crippen LogP contribution in [0.2, 0.25) is 0 Å². The van der Waals surface area contributed by atoms with E-state index in [2.05, 4.69) is 15.0 Å². The summed E-state index contributed by atoms with van der Waals surface area (Å²) in [6.45, 7) is 8.11. The number of sulfonamides is 1. The molecule has 2 N–H and O–H groups in total. The molecule has 0 atom stereocenters. The molecule has 0 saturated carbocycles. The molecule has 0 spiro atoms. The van der Waals surface area contributed by atoms with Gasteiger partial charge in [-0.1, -0.05) is 6.92 Å². The molecule has 0 aliphatic heterocycles. The molecule has 120 valence electrons. The molecule has 2 aromatic heterocycles. The van der Waals surface area contributed by atoms with Crippen LogP contribution in [-0.4, -0.2) is 18.9 Å². The summed E-state index contributed by atoms with van der Waals surface area (Å²) in [5.41, 5.74) is 0.354. The monoisotopic (exact) mass is 339 g/mol. The van der Waals surface area contributed by atoms with Crippen LogP contribution in [-0.2, 0) is 16.4 Å². The summed E-state index contributed by atoms with van der Waals surface area (Å²) in [7, 11) is -3.54. The summed E-state index contributed by atoms with van der Waals surface area (Å²) < 4.78 is 27.5. The molecule has 0 fully saturated rings. The van der Waals surface area contributed by atoms with E-state index >= 15 is 0 Å². The van der Waals surface area contributed by atoms with Crippen LogP contribution in [0.3, 0.4) is 0 Å². The molecule has 7 heteroatoms. The topological polar surface area (TPSA) is 71.1 Å². The van der Waals surface area contributed by atoms with E-state index in [4.69, 9.17) is 0 Å². The van der Waals surface area contributed by atoms with E-state index in [1.165, 1.54) is 17.5 Å². The Morgan fingerprint density at radius 3 is 2.41 bits per heavy atom. The fourth-order valence-corrected chi connectivity index (χ4v) is 4.15. The molecule has 0 aliphatic carbocycles. The molecule has 0 aromatic carbocycles. The first-order chi connectivity index (χ1) is 10.2. The lowest BCUT2D eigenvalue weighted by Crippen LogP contribution is -2.26. The fourth-order valence-electron chi connectivity index (χ4n) is 1.81. The highest BCUT2D eigenvalue weighted by atomic mass is 32.2. The predicted octanol–water partition coefficient (Wildman–Crippen LogP) is 3.72. The van der Waals surface area contributed by atoms with Crippen LogP contribution >= 0.6 is 11.3 Å². The highest BCUT2D eigenvalue weighted by Crippen LogP contribution is 2.24. The second kappa shape index (κ2) is 6.26.